The Kier molecular flexibility index (Phi) is 5.56. The van der Waals surface area contributed by atoms with E-state index in [1.807, 2.05) is 12.1 Å². The van der Waals surface area contributed by atoms with Crippen molar-refractivity contribution in [1.82, 2.24) is 15.2 Å². The summed E-state index contributed by atoms with van der Waals surface area (Å²) in [5, 5.41) is 3.42. The topological polar surface area (TPSA) is 46.6 Å². The Morgan fingerprint density at radius 3 is 2.86 bits per heavy atom. The third kappa shape index (κ3) is 5.99. The zero-order valence-electron chi connectivity index (χ0n) is 13.6. The van der Waals surface area contributed by atoms with Crippen molar-refractivity contribution in [2.45, 2.75) is 39.0 Å². The molecule has 118 valence electrons. The first kappa shape index (κ1) is 16.2. The Morgan fingerprint density at radius 1 is 1.43 bits per heavy atom. The van der Waals surface area contributed by atoms with Gasteiger partial charge in [0.1, 0.15) is 18.5 Å². The summed E-state index contributed by atoms with van der Waals surface area (Å²) in [6, 6.07) is 3.97. The molecule has 0 radical (unpaired) electrons. The van der Waals surface area contributed by atoms with Gasteiger partial charge in [0, 0.05) is 25.2 Å². The number of ether oxygens (including phenoxy) is 2. The average molecular weight is 293 g/mol. The Balaban J connectivity index is 1.77. The number of hydrogen-bond donors (Lipinski definition) is 1. The first-order chi connectivity index (χ1) is 9.92. The Morgan fingerprint density at radius 2 is 2.24 bits per heavy atom. The van der Waals surface area contributed by atoms with Gasteiger partial charge in [-0.1, -0.05) is 0 Å². The first-order valence-electron chi connectivity index (χ1n) is 7.55. The average Bonchev–Trinajstić information content (AvgIpc) is 2.43. The number of likely N-dealkylation sites (N-methyl/N-ethyl adjacent to an activating group) is 1. The fourth-order valence-electron chi connectivity index (χ4n) is 2.11. The SMILES string of the molecule is CN1CCOC(COc2ccc(CNC(C)(C)C)nc2)C1. The minimum absolute atomic E-state index is 0.0984. The Labute approximate surface area is 127 Å². The molecule has 1 saturated heterocycles. The van der Waals surface area contributed by atoms with E-state index in [1.165, 1.54) is 0 Å². The molecule has 2 rings (SSSR count). The van der Waals surface area contributed by atoms with Crippen molar-refractivity contribution in [2.24, 2.45) is 0 Å². The van der Waals surface area contributed by atoms with E-state index in [0.717, 1.165) is 37.7 Å². The predicted molar refractivity (Wildman–Crippen MR) is 83.6 cm³/mol. The van der Waals surface area contributed by atoms with Gasteiger partial charge in [-0.15, -0.1) is 0 Å². The van der Waals surface area contributed by atoms with E-state index in [-0.39, 0.29) is 11.6 Å². The lowest BCUT2D eigenvalue weighted by molar-refractivity contribution is -0.0404. The molecule has 0 spiro atoms. The second-order valence-electron chi connectivity index (χ2n) is 6.65. The molecule has 1 N–H and O–H groups in total. The normalized spacial score (nSPS) is 20.5. The molecule has 1 aromatic heterocycles. The zero-order chi connectivity index (χ0) is 15.3. The summed E-state index contributed by atoms with van der Waals surface area (Å²) in [6.07, 6.45) is 1.93. The predicted octanol–water partition coefficient (Wildman–Crippen LogP) is 1.68. The van der Waals surface area contributed by atoms with Gasteiger partial charge >= 0.3 is 0 Å². The van der Waals surface area contributed by atoms with Gasteiger partial charge in [-0.25, -0.2) is 0 Å². The monoisotopic (exact) mass is 293 g/mol. The molecular weight excluding hydrogens is 266 g/mol. The van der Waals surface area contributed by atoms with Crippen molar-refractivity contribution in [3.05, 3.63) is 24.0 Å². The molecule has 1 fully saturated rings. The summed E-state index contributed by atoms with van der Waals surface area (Å²) >= 11 is 0. The molecule has 5 nitrogen and oxygen atoms in total. The molecule has 0 aromatic carbocycles. The number of hydrogen-bond acceptors (Lipinski definition) is 5. The summed E-state index contributed by atoms with van der Waals surface area (Å²) in [7, 11) is 2.11. The summed E-state index contributed by atoms with van der Waals surface area (Å²) in [4.78, 5) is 6.68. The van der Waals surface area contributed by atoms with Crippen molar-refractivity contribution in [3.8, 4) is 5.75 Å². The van der Waals surface area contributed by atoms with Gasteiger partial charge in [0.2, 0.25) is 0 Å². The van der Waals surface area contributed by atoms with Crippen LogP contribution in [0.5, 0.6) is 5.75 Å². The zero-order valence-corrected chi connectivity index (χ0v) is 13.6. The van der Waals surface area contributed by atoms with Crippen LogP contribution >= 0.6 is 0 Å². The largest absolute Gasteiger partial charge is 0.489 e. The fraction of sp³-hybridized carbons (Fsp3) is 0.688. The van der Waals surface area contributed by atoms with Crippen LogP contribution in [0, 0.1) is 0 Å². The fourth-order valence-corrected chi connectivity index (χ4v) is 2.11. The van der Waals surface area contributed by atoms with E-state index in [9.17, 15) is 0 Å². The molecule has 1 aliphatic heterocycles. The van der Waals surface area contributed by atoms with Gasteiger partial charge in [0.15, 0.2) is 0 Å². The van der Waals surface area contributed by atoms with E-state index < -0.39 is 0 Å². The molecule has 1 aliphatic rings. The quantitative estimate of drug-likeness (QED) is 0.895. The number of nitrogens with zero attached hydrogens (tertiary/aromatic N) is 2. The van der Waals surface area contributed by atoms with E-state index in [0.29, 0.717) is 6.61 Å². The number of pyridine rings is 1. The van der Waals surface area contributed by atoms with Crippen molar-refractivity contribution < 1.29 is 9.47 Å². The maximum atomic E-state index is 5.76. The summed E-state index contributed by atoms with van der Waals surface area (Å²) in [5.41, 5.74) is 1.12. The molecule has 21 heavy (non-hydrogen) atoms. The first-order valence-corrected chi connectivity index (χ1v) is 7.55. The van der Waals surface area contributed by atoms with Crippen molar-refractivity contribution in [2.75, 3.05) is 33.4 Å². The van der Waals surface area contributed by atoms with Crippen LogP contribution in [0.25, 0.3) is 0 Å². The molecule has 0 aliphatic carbocycles. The van der Waals surface area contributed by atoms with Crippen molar-refractivity contribution in [3.63, 3.8) is 0 Å². The van der Waals surface area contributed by atoms with Crippen LogP contribution in [0.1, 0.15) is 26.5 Å². The highest BCUT2D eigenvalue weighted by molar-refractivity contribution is 5.20. The Hall–Kier alpha value is -1.17. The minimum Gasteiger partial charge on any atom is -0.489 e. The second-order valence-corrected chi connectivity index (χ2v) is 6.65. The second kappa shape index (κ2) is 7.20. The van der Waals surface area contributed by atoms with Crippen LogP contribution in [0.4, 0.5) is 0 Å². The van der Waals surface area contributed by atoms with E-state index >= 15 is 0 Å². The van der Waals surface area contributed by atoms with Gasteiger partial charge in [-0.05, 0) is 40.0 Å². The van der Waals surface area contributed by atoms with Crippen LogP contribution in [0.15, 0.2) is 18.3 Å². The van der Waals surface area contributed by atoms with Gasteiger partial charge in [-0.2, -0.15) is 0 Å². The van der Waals surface area contributed by atoms with E-state index in [4.69, 9.17) is 9.47 Å². The molecular formula is C16H27N3O2. The van der Waals surface area contributed by atoms with Crippen LogP contribution in [0.2, 0.25) is 0 Å². The molecule has 0 bridgehead atoms. The number of aromatic nitrogens is 1. The Bertz CT molecular complexity index is 428. The van der Waals surface area contributed by atoms with E-state index in [1.54, 1.807) is 6.20 Å². The molecule has 0 amide bonds. The van der Waals surface area contributed by atoms with Gasteiger partial charge < -0.3 is 19.7 Å². The van der Waals surface area contributed by atoms with Crippen LogP contribution in [-0.2, 0) is 11.3 Å². The molecule has 0 saturated carbocycles. The summed E-state index contributed by atoms with van der Waals surface area (Å²) in [6.45, 7) is 10.5. The lowest BCUT2D eigenvalue weighted by Gasteiger charge is -2.29. The van der Waals surface area contributed by atoms with Crippen molar-refractivity contribution >= 4 is 0 Å². The highest BCUT2D eigenvalue weighted by atomic mass is 16.5. The van der Waals surface area contributed by atoms with Gasteiger partial charge in [-0.3, -0.25) is 4.98 Å². The standard InChI is InChI=1S/C16H27N3O2/c1-16(2,3)18-9-13-5-6-14(10-17-13)21-12-15-11-19(4)7-8-20-15/h5-6,10,15,18H,7-9,11-12H2,1-4H3. The van der Waals surface area contributed by atoms with Gasteiger partial charge in [0.25, 0.3) is 0 Å². The lowest BCUT2D eigenvalue weighted by Crippen LogP contribution is -2.42. The van der Waals surface area contributed by atoms with Crippen LogP contribution < -0.4 is 10.1 Å². The van der Waals surface area contributed by atoms with Crippen LogP contribution in [-0.4, -0.2) is 54.9 Å². The van der Waals surface area contributed by atoms with Gasteiger partial charge in [0.05, 0.1) is 18.5 Å². The van der Waals surface area contributed by atoms with E-state index in [2.05, 4.69) is 43.0 Å². The lowest BCUT2D eigenvalue weighted by atomic mass is 10.1. The molecule has 2 heterocycles. The number of nitrogens with one attached hydrogen (secondary N) is 1. The maximum absolute atomic E-state index is 5.76. The molecule has 1 atom stereocenters. The summed E-state index contributed by atoms with van der Waals surface area (Å²) < 4.78 is 11.4. The highest BCUT2D eigenvalue weighted by Gasteiger charge is 2.18. The third-order valence-corrected chi connectivity index (χ3v) is 3.38. The number of morpholine rings is 1. The number of rotatable bonds is 5. The minimum atomic E-state index is 0.0984. The smallest absolute Gasteiger partial charge is 0.137 e. The summed E-state index contributed by atoms with van der Waals surface area (Å²) in [5.74, 6) is 0.798. The van der Waals surface area contributed by atoms with Crippen LogP contribution in [0.3, 0.4) is 0 Å². The highest BCUT2D eigenvalue weighted by Crippen LogP contribution is 2.12. The van der Waals surface area contributed by atoms with Crippen molar-refractivity contribution in [1.29, 1.82) is 0 Å². The molecule has 1 aromatic rings. The third-order valence-electron chi connectivity index (χ3n) is 3.38. The molecule has 5 heteroatoms. The molecule has 1 unspecified atom stereocenters. The maximum Gasteiger partial charge on any atom is 0.137 e.